The van der Waals surface area contributed by atoms with Crippen molar-refractivity contribution in [3.05, 3.63) is 94.2 Å². The van der Waals surface area contributed by atoms with Crippen LogP contribution in [0.3, 0.4) is 0 Å². The first kappa shape index (κ1) is 23.9. The van der Waals surface area contributed by atoms with Gasteiger partial charge in [-0.1, -0.05) is 12.1 Å². The highest BCUT2D eigenvalue weighted by molar-refractivity contribution is 6.35. The van der Waals surface area contributed by atoms with E-state index in [2.05, 4.69) is 10.9 Å². The van der Waals surface area contributed by atoms with Crippen LogP contribution in [0.2, 0.25) is 0 Å². The zero-order valence-electron chi connectivity index (χ0n) is 19.1. The van der Waals surface area contributed by atoms with Gasteiger partial charge in [-0.15, -0.1) is 0 Å². The number of halogens is 3. The van der Waals surface area contributed by atoms with Crippen LogP contribution in [-0.2, 0) is 11.0 Å². The van der Waals surface area contributed by atoms with Crippen molar-refractivity contribution in [1.82, 2.24) is 10.9 Å². The van der Waals surface area contributed by atoms with Crippen molar-refractivity contribution in [1.29, 1.82) is 0 Å². The van der Waals surface area contributed by atoms with Gasteiger partial charge in [0.2, 0.25) is 0 Å². The number of aromatic hydroxyl groups is 1. The van der Waals surface area contributed by atoms with Crippen molar-refractivity contribution in [3.63, 3.8) is 0 Å². The van der Waals surface area contributed by atoms with Crippen molar-refractivity contribution in [3.8, 4) is 5.75 Å². The van der Waals surface area contributed by atoms with Crippen LogP contribution in [0.15, 0.2) is 66.4 Å². The number of phenolic OH excluding ortho intramolecular Hbond substituents is 1. The molecule has 4 rings (SSSR count). The summed E-state index contributed by atoms with van der Waals surface area (Å²) in [6.07, 6.45) is -4.58. The van der Waals surface area contributed by atoms with Crippen molar-refractivity contribution in [2.24, 2.45) is 0 Å². The Morgan fingerprint density at radius 3 is 2.14 bits per heavy atom. The number of alkyl halides is 3. The van der Waals surface area contributed by atoms with Gasteiger partial charge >= 0.3 is 6.18 Å². The SMILES string of the molecule is C/C(NNC(=O)c1ccc(O)cc1)=C1/C(=O)N(c2cc(C)cc(C)c2)c2cc(C(F)(F)F)ccc21. The maximum atomic E-state index is 13.5. The van der Waals surface area contributed by atoms with Gasteiger partial charge in [-0.25, -0.2) is 0 Å². The second-order valence-electron chi connectivity index (χ2n) is 8.34. The molecule has 0 unspecified atom stereocenters. The number of hydrazine groups is 1. The van der Waals surface area contributed by atoms with Crippen molar-refractivity contribution >= 4 is 28.8 Å². The second-order valence-corrected chi connectivity index (χ2v) is 8.34. The monoisotopic (exact) mass is 481 g/mol. The summed E-state index contributed by atoms with van der Waals surface area (Å²) >= 11 is 0. The van der Waals surface area contributed by atoms with E-state index < -0.39 is 23.6 Å². The minimum Gasteiger partial charge on any atom is -0.508 e. The molecule has 0 aromatic heterocycles. The molecule has 180 valence electrons. The Morgan fingerprint density at radius 2 is 1.54 bits per heavy atom. The number of rotatable bonds is 4. The number of carbonyl (C=O) groups excluding carboxylic acids is 2. The molecule has 0 fully saturated rings. The van der Waals surface area contributed by atoms with Crippen molar-refractivity contribution < 1.29 is 27.9 Å². The standard InChI is InChI=1S/C26H22F3N3O3/c1-14-10-15(2)12-19(11-14)32-22-13-18(26(27,28)29)6-9-21(22)23(25(32)35)16(3)30-31-24(34)17-4-7-20(33)8-5-17/h4-13,30,33H,1-3H3,(H,31,34)/b23-16-. The Kier molecular flexibility index (Phi) is 6.02. The molecule has 1 aliphatic rings. The highest BCUT2D eigenvalue weighted by Crippen LogP contribution is 2.45. The highest BCUT2D eigenvalue weighted by atomic mass is 19.4. The molecule has 1 aliphatic heterocycles. The fourth-order valence-corrected chi connectivity index (χ4v) is 4.04. The average Bonchev–Trinajstić information content (AvgIpc) is 3.07. The first-order valence-electron chi connectivity index (χ1n) is 10.7. The predicted octanol–water partition coefficient (Wildman–Crippen LogP) is 5.37. The fourth-order valence-electron chi connectivity index (χ4n) is 4.04. The van der Waals surface area contributed by atoms with E-state index in [0.29, 0.717) is 11.3 Å². The Labute approximate surface area is 199 Å². The molecular formula is C26H22F3N3O3. The summed E-state index contributed by atoms with van der Waals surface area (Å²) in [7, 11) is 0. The number of hydrogen-bond acceptors (Lipinski definition) is 4. The molecule has 1 heterocycles. The van der Waals surface area contributed by atoms with Gasteiger partial charge in [-0.2, -0.15) is 13.2 Å². The number of carbonyl (C=O) groups is 2. The van der Waals surface area contributed by atoms with E-state index in [4.69, 9.17) is 0 Å². The molecular weight excluding hydrogens is 459 g/mol. The van der Waals surface area contributed by atoms with Gasteiger partial charge in [0.25, 0.3) is 11.8 Å². The Bertz CT molecular complexity index is 1340. The zero-order valence-corrected chi connectivity index (χ0v) is 19.1. The van der Waals surface area contributed by atoms with Crippen LogP contribution in [0.25, 0.3) is 5.57 Å². The van der Waals surface area contributed by atoms with E-state index in [9.17, 15) is 27.9 Å². The summed E-state index contributed by atoms with van der Waals surface area (Å²) in [4.78, 5) is 27.2. The van der Waals surface area contributed by atoms with E-state index in [0.717, 1.165) is 23.3 Å². The Balaban J connectivity index is 1.75. The second kappa shape index (κ2) is 8.83. The number of amides is 2. The van der Waals surface area contributed by atoms with E-state index >= 15 is 0 Å². The molecule has 6 nitrogen and oxygen atoms in total. The zero-order chi connectivity index (χ0) is 25.5. The highest BCUT2D eigenvalue weighted by Gasteiger charge is 2.39. The summed E-state index contributed by atoms with van der Waals surface area (Å²) in [6.45, 7) is 5.23. The van der Waals surface area contributed by atoms with Gasteiger partial charge in [-0.3, -0.25) is 19.9 Å². The number of benzene rings is 3. The third-order valence-electron chi connectivity index (χ3n) is 5.58. The molecule has 0 spiro atoms. The van der Waals surface area contributed by atoms with Crippen LogP contribution >= 0.6 is 0 Å². The number of anilines is 2. The molecule has 0 atom stereocenters. The number of hydrogen-bond donors (Lipinski definition) is 3. The van der Waals surface area contributed by atoms with Crippen molar-refractivity contribution in [2.75, 3.05) is 4.90 Å². The van der Waals surface area contributed by atoms with E-state index in [1.54, 1.807) is 19.1 Å². The van der Waals surface area contributed by atoms with E-state index in [1.807, 2.05) is 19.9 Å². The van der Waals surface area contributed by atoms with Crippen LogP contribution in [0, 0.1) is 13.8 Å². The summed E-state index contributed by atoms with van der Waals surface area (Å²) in [5.41, 5.74) is 7.54. The molecule has 9 heteroatoms. The van der Waals surface area contributed by atoms with Gasteiger partial charge in [0.15, 0.2) is 0 Å². The lowest BCUT2D eigenvalue weighted by Gasteiger charge is -2.20. The molecule has 3 N–H and O–H groups in total. The Hall–Kier alpha value is -4.27. The number of allylic oxidation sites excluding steroid dienone is 1. The molecule has 3 aromatic rings. The summed E-state index contributed by atoms with van der Waals surface area (Å²) < 4.78 is 40.4. The molecule has 0 aliphatic carbocycles. The number of fused-ring (bicyclic) bond motifs is 1. The fraction of sp³-hybridized carbons (Fsp3) is 0.154. The van der Waals surface area contributed by atoms with Crippen LogP contribution in [-0.4, -0.2) is 16.9 Å². The Morgan fingerprint density at radius 1 is 0.914 bits per heavy atom. The van der Waals surface area contributed by atoms with Gasteiger partial charge in [0.05, 0.1) is 16.8 Å². The molecule has 0 saturated carbocycles. The first-order valence-corrected chi connectivity index (χ1v) is 10.7. The van der Waals surface area contributed by atoms with E-state index in [1.165, 1.54) is 35.2 Å². The lowest BCUT2D eigenvalue weighted by molar-refractivity contribution is -0.137. The summed E-state index contributed by atoms with van der Waals surface area (Å²) in [6, 6.07) is 14.1. The average molecular weight is 481 g/mol. The lowest BCUT2D eigenvalue weighted by atomic mass is 10.0. The maximum Gasteiger partial charge on any atom is 0.416 e. The predicted molar refractivity (Wildman–Crippen MR) is 126 cm³/mol. The normalized spacial score (nSPS) is 14.6. The molecule has 0 bridgehead atoms. The third kappa shape index (κ3) is 4.70. The van der Waals surface area contributed by atoms with Gasteiger partial charge < -0.3 is 10.5 Å². The van der Waals surface area contributed by atoms with Crippen LogP contribution < -0.4 is 15.8 Å². The summed E-state index contributed by atoms with van der Waals surface area (Å²) in [5, 5.41) is 9.38. The minimum absolute atomic E-state index is 0.00525. The molecule has 0 saturated heterocycles. The summed E-state index contributed by atoms with van der Waals surface area (Å²) in [5.74, 6) is -1.03. The number of phenols is 1. The minimum atomic E-state index is -4.58. The smallest absolute Gasteiger partial charge is 0.416 e. The number of nitrogens with zero attached hydrogens (tertiary/aromatic N) is 1. The number of aryl methyl sites for hydroxylation is 2. The van der Waals surface area contributed by atoms with Gasteiger partial charge in [-0.05, 0) is 80.4 Å². The maximum absolute atomic E-state index is 13.5. The van der Waals surface area contributed by atoms with E-state index in [-0.39, 0.29) is 28.3 Å². The lowest BCUT2D eigenvalue weighted by Crippen LogP contribution is -2.37. The van der Waals surface area contributed by atoms with Crippen LogP contribution in [0.1, 0.15) is 39.5 Å². The largest absolute Gasteiger partial charge is 0.508 e. The third-order valence-corrected chi connectivity index (χ3v) is 5.58. The first-order chi connectivity index (χ1) is 16.5. The molecule has 3 aromatic carbocycles. The van der Waals surface area contributed by atoms with Crippen LogP contribution in [0.5, 0.6) is 5.75 Å². The van der Waals surface area contributed by atoms with Crippen LogP contribution in [0.4, 0.5) is 24.5 Å². The quantitative estimate of drug-likeness (QED) is 0.346. The van der Waals surface area contributed by atoms with Crippen molar-refractivity contribution in [2.45, 2.75) is 26.9 Å². The van der Waals surface area contributed by atoms with Gasteiger partial charge in [0.1, 0.15) is 5.75 Å². The topological polar surface area (TPSA) is 81.7 Å². The van der Waals surface area contributed by atoms with Gasteiger partial charge in [0, 0.05) is 22.5 Å². The number of nitrogens with one attached hydrogen (secondary N) is 2. The molecule has 2 amide bonds. The molecule has 0 radical (unpaired) electrons. The molecule has 35 heavy (non-hydrogen) atoms.